The molecule has 0 aromatic heterocycles. The van der Waals surface area contributed by atoms with Gasteiger partial charge in [-0.1, -0.05) is 35.3 Å². The van der Waals surface area contributed by atoms with Gasteiger partial charge in [0, 0.05) is 6.54 Å². The fourth-order valence-corrected chi connectivity index (χ4v) is 1.64. The van der Waals surface area contributed by atoms with E-state index in [-0.39, 0.29) is 5.91 Å². The molecule has 0 aliphatic heterocycles. The van der Waals surface area contributed by atoms with E-state index in [0.29, 0.717) is 23.0 Å². The molecule has 5 heteroatoms. The largest absolute Gasteiger partial charge is 0.354 e. The highest BCUT2D eigenvalue weighted by molar-refractivity contribution is 6.42. The maximum absolute atomic E-state index is 11.2. The Kier molecular flexibility index (Phi) is 5.06. The lowest BCUT2D eigenvalue weighted by molar-refractivity contribution is -0.121. The Morgan fingerprint density at radius 3 is 2.81 bits per heavy atom. The van der Waals surface area contributed by atoms with Gasteiger partial charge in [0.15, 0.2) is 0 Å². The predicted molar refractivity (Wildman–Crippen MR) is 66.8 cm³/mol. The molecule has 16 heavy (non-hydrogen) atoms. The number of rotatable bonds is 4. The van der Waals surface area contributed by atoms with E-state index in [2.05, 4.69) is 5.32 Å². The predicted octanol–water partition coefficient (Wildman–Crippen LogP) is 2.00. The molecule has 3 N–H and O–H groups in total. The number of halogens is 2. The zero-order valence-corrected chi connectivity index (χ0v) is 10.5. The Morgan fingerprint density at radius 1 is 1.50 bits per heavy atom. The van der Waals surface area contributed by atoms with Crippen LogP contribution in [0.5, 0.6) is 0 Å². The van der Waals surface area contributed by atoms with Crippen LogP contribution in [0.2, 0.25) is 10.0 Å². The molecule has 1 amide bonds. The first-order chi connectivity index (χ1) is 7.52. The van der Waals surface area contributed by atoms with Crippen LogP contribution in [0.4, 0.5) is 0 Å². The van der Waals surface area contributed by atoms with E-state index in [1.165, 1.54) is 0 Å². The van der Waals surface area contributed by atoms with Crippen LogP contribution < -0.4 is 11.1 Å². The molecule has 0 radical (unpaired) electrons. The lowest BCUT2D eigenvalue weighted by Gasteiger charge is -2.09. The van der Waals surface area contributed by atoms with Gasteiger partial charge in [-0.05, 0) is 25.0 Å². The molecule has 1 rings (SSSR count). The number of nitrogens with two attached hydrogens (primary N) is 1. The molecular formula is C11H14Cl2N2O. The Morgan fingerprint density at radius 2 is 2.19 bits per heavy atom. The first-order valence-electron chi connectivity index (χ1n) is 4.98. The van der Waals surface area contributed by atoms with Crippen LogP contribution in [-0.2, 0) is 11.2 Å². The van der Waals surface area contributed by atoms with Gasteiger partial charge in [0.2, 0.25) is 5.91 Å². The molecule has 0 unspecified atom stereocenters. The normalized spacial score (nSPS) is 12.2. The smallest absolute Gasteiger partial charge is 0.236 e. The molecule has 1 aromatic carbocycles. The van der Waals surface area contributed by atoms with Crippen molar-refractivity contribution in [3.8, 4) is 0 Å². The first-order valence-corrected chi connectivity index (χ1v) is 5.74. The number of carbonyl (C=O) groups excluding carboxylic acids is 1. The van der Waals surface area contributed by atoms with E-state index < -0.39 is 6.04 Å². The summed E-state index contributed by atoms with van der Waals surface area (Å²) in [6.45, 7) is 2.14. The minimum Gasteiger partial charge on any atom is -0.354 e. The van der Waals surface area contributed by atoms with Crippen LogP contribution in [0, 0.1) is 0 Å². The Labute approximate surface area is 105 Å². The standard InChI is InChI=1S/C11H14Cl2N2O/c1-7(14)11(16)15-6-5-8-3-2-4-9(12)10(8)13/h2-4,7H,5-6,14H2,1H3,(H,15,16)/t7-/m0/s1. The molecular weight excluding hydrogens is 247 g/mol. The summed E-state index contributed by atoms with van der Waals surface area (Å²) in [5, 5.41) is 3.78. The van der Waals surface area contributed by atoms with Crippen molar-refractivity contribution in [2.24, 2.45) is 5.73 Å². The Hall–Kier alpha value is -0.770. The van der Waals surface area contributed by atoms with Gasteiger partial charge in [-0.15, -0.1) is 0 Å². The average Bonchev–Trinajstić information content (AvgIpc) is 2.24. The molecule has 0 saturated heterocycles. The van der Waals surface area contributed by atoms with Crippen molar-refractivity contribution in [2.45, 2.75) is 19.4 Å². The molecule has 0 spiro atoms. The van der Waals surface area contributed by atoms with Gasteiger partial charge in [0.25, 0.3) is 0 Å². The third-order valence-electron chi connectivity index (χ3n) is 2.14. The van der Waals surface area contributed by atoms with Crippen molar-refractivity contribution < 1.29 is 4.79 Å². The summed E-state index contributed by atoms with van der Waals surface area (Å²) < 4.78 is 0. The number of hydrogen-bond acceptors (Lipinski definition) is 2. The van der Waals surface area contributed by atoms with Crippen molar-refractivity contribution in [2.75, 3.05) is 6.54 Å². The van der Waals surface area contributed by atoms with E-state index in [1.54, 1.807) is 13.0 Å². The number of hydrogen-bond donors (Lipinski definition) is 2. The third-order valence-corrected chi connectivity index (χ3v) is 3.00. The second kappa shape index (κ2) is 6.09. The lowest BCUT2D eigenvalue weighted by atomic mass is 10.1. The molecule has 1 atom stereocenters. The van der Waals surface area contributed by atoms with E-state index in [0.717, 1.165) is 5.56 Å². The molecule has 0 fully saturated rings. The highest BCUT2D eigenvalue weighted by atomic mass is 35.5. The van der Waals surface area contributed by atoms with Crippen LogP contribution in [0.15, 0.2) is 18.2 Å². The first kappa shape index (κ1) is 13.3. The van der Waals surface area contributed by atoms with E-state index in [9.17, 15) is 4.79 Å². The summed E-state index contributed by atoms with van der Waals surface area (Å²) in [5.41, 5.74) is 6.33. The molecule has 3 nitrogen and oxygen atoms in total. The maximum atomic E-state index is 11.2. The molecule has 0 saturated carbocycles. The summed E-state index contributed by atoms with van der Waals surface area (Å²) in [4.78, 5) is 11.2. The zero-order chi connectivity index (χ0) is 12.1. The number of amides is 1. The highest BCUT2D eigenvalue weighted by Gasteiger charge is 2.07. The van der Waals surface area contributed by atoms with Crippen LogP contribution in [0.3, 0.4) is 0 Å². The number of carbonyl (C=O) groups is 1. The molecule has 0 aliphatic rings. The minimum absolute atomic E-state index is 0.168. The highest BCUT2D eigenvalue weighted by Crippen LogP contribution is 2.25. The third kappa shape index (κ3) is 3.67. The van der Waals surface area contributed by atoms with E-state index in [4.69, 9.17) is 28.9 Å². The van der Waals surface area contributed by atoms with E-state index in [1.807, 2.05) is 12.1 Å². The van der Waals surface area contributed by atoms with Gasteiger partial charge in [-0.2, -0.15) is 0 Å². The quantitative estimate of drug-likeness (QED) is 0.870. The summed E-state index contributed by atoms with van der Waals surface area (Å²) in [7, 11) is 0. The lowest BCUT2D eigenvalue weighted by Crippen LogP contribution is -2.39. The van der Waals surface area contributed by atoms with Gasteiger partial charge in [-0.25, -0.2) is 0 Å². The second-order valence-electron chi connectivity index (χ2n) is 3.54. The van der Waals surface area contributed by atoms with Gasteiger partial charge >= 0.3 is 0 Å². The Balaban J connectivity index is 2.49. The summed E-state index contributed by atoms with van der Waals surface area (Å²) in [6.07, 6.45) is 0.637. The van der Waals surface area contributed by atoms with Crippen LogP contribution in [-0.4, -0.2) is 18.5 Å². The van der Waals surface area contributed by atoms with Gasteiger partial charge < -0.3 is 11.1 Å². The second-order valence-corrected chi connectivity index (χ2v) is 4.33. The fraction of sp³-hybridized carbons (Fsp3) is 0.364. The molecule has 0 bridgehead atoms. The van der Waals surface area contributed by atoms with Crippen molar-refractivity contribution in [1.82, 2.24) is 5.32 Å². The van der Waals surface area contributed by atoms with Crippen molar-refractivity contribution >= 4 is 29.1 Å². The van der Waals surface area contributed by atoms with Crippen LogP contribution in [0.25, 0.3) is 0 Å². The molecule has 0 aliphatic carbocycles. The summed E-state index contributed by atoms with van der Waals surface area (Å²) in [6, 6.07) is 4.95. The molecule has 88 valence electrons. The molecule has 1 aromatic rings. The van der Waals surface area contributed by atoms with Crippen molar-refractivity contribution in [3.63, 3.8) is 0 Å². The van der Waals surface area contributed by atoms with Gasteiger partial charge in [0.05, 0.1) is 16.1 Å². The van der Waals surface area contributed by atoms with E-state index >= 15 is 0 Å². The average molecular weight is 261 g/mol. The Bertz CT molecular complexity index is 380. The number of benzene rings is 1. The van der Waals surface area contributed by atoms with Crippen molar-refractivity contribution in [1.29, 1.82) is 0 Å². The van der Waals surface area contributed by atoms with Gasteiger partial charge in [0.1, 0.15) is 0 Å². The summed E-state index contributed by atoms with van der Waals surface area (Å²) >= 11 is 11.9. The SMILES string of the molecule is C[C@H](N)C(=O)NCCc1cccc(Cl)c1Cl. The van der Waals surface area contributed by atoms with Crippen LogP contribution in [0.1, 0.15) is 12.5 Å². The fourth-order valence-electron chi connectivity index (χ4n) is 1.22. The zero-order valence-electron chi connectivity index (χ0n) is 8.97. The van der Waals surface area contributed by atoms with Gasteiger partial charge in [-0.3, -0.25) is 4.79 Å². The minimum atomic E-state index is -0.491. The van der Waals surface area contributed by atoms with Crippen molar-refractivity contribution in [3.05, 3.63) is 33.8 Å². The number of nitrogens with one attached hydrogen (secondary N) is 1. The summed E-state index contributed by atoms with van der Waals surface area (Å²) in [5.74, 6) is -0.168. The molecule has 0 heterocycles. The topological polar surface area (TPSA) is 55.1 Å². The maximum Gasteiger partial charge on any atom is 0.236 e. The monoisotopic (exact) mass is 260 g/mol. The van der Waals surface area contributed by atoms with Crippen LogP contribution >= 0.6 is 23.2 Å².